The van der Waals surface area contributed by atoms with Gasteiger partial charge in [0.1, 0.15) is 5.75 Å². The Morgan fingerprint density at radius 1 is 0.771 bits per heavy atom. The van der Waals surface area contributed by atoms with E-state index in [1.54, 1.807) is 24.3 Å². The van der Waals surface area contributed by atoms with Crippen molar-refractivity contribution >= 4 is 31.4 Å². The van der Waals surface area contributed by atoms with Crippen LogP contribution in [-0.2, 0) is 20.0 Å². The highest BCUT2D eigenvalue weighted by Crippen LogP contribution is 2.32. The summed E-state index contributed by atoms with van der Waals surface area (Å²) in [4.78, 5) is 0.0514. The molecule has 1 atom stereocenters. The van der Waals surface area contributed by atoms with Crippen LogP contribution in [0.1, 0.15) is 37.3 Å². The van der Waals surface area contributed by atoms with Crippen LogP contribution in [0.15, 0.2) is 76.5 Å². The molecule has 188 valence electrons. The van der Waals surface area contributed by atoms with E-state index in [2.05, 4.69) is 9.44 Å². The number of aryl methyl sites for hydroxylation is 2. The second-order valence-electron chi connectivity index (χ2n) is 8.26. The molecule has 0 aliphatic heterocycles. The van der Waals surface area contributed by atoms with Crippen LogP contribution in [0.4, 0.5) is 11.4 Å². The molecule has 0 bridgehead atoms. The zero-order valence-electron chi connectivity index (χ0n) is 19.9. The van der Waals surface area contributed by atoms with Crippen LogP contribution in [-0.4, -0.2) is 28.2 Å². The fourth-order valence-corrected chi connectivity index (χ4v) is 5.36. The van der Waals surface area contributed by atoms with E-state index in [0.717, 1.165) is 24.0 Å². The number of aliphatic hydroxyl groups excluding tert-OH is 1. The van der Waals surface area contributed by atoms with Crippen LogP contribution >= 0.6 is 0 Å². The van der Waals surface area contributed by atoms with Crippen molar-refractivity contribution in [1.29, 1.82) is 0 Å². The maximum Gasteiger partial charge on any atom is 0.261 e. The number of benzene rings is 3. The standard InChI is InChI=1S/C25H30N2O6S2/c1-4-5-6-25(28)33-20-11-16-23(26-34(29,30)21-12-7-18(2)8-13-21)24(17-20)27-35(31,32)22-14-9-19(3)10-15-22/h7-17,25-28H,4-6H2,1-3H3. The Morgan fingerprint density at radius 3 is 1.74 bits per heavy atom. The molecule has 35 heavy (non-hydrogen) atoms. The van der Waals surface area contributed by atoms with E-state index in [0.29, 0.717) is 6.42 Å². The molecule has 0 aliphatic rings. The molecule has 0 heterocycles. The van der Waals surface area contributed by atoms with Crippen molar-refractivity contribution in [2.45, 2.75) is 56.1 Å². The van der Waals surface area contributed by atoms with Crippen LogP contribution < -0.4 is 14.2 Å². The van der Waals surface area contributed by atoms with Gasteiger partial charge < -0.3 is 9.84 Å². The molecule has 1 unspecified atom stereocenters. The van der Waals surface area contributed by atoms with Gasteiger partial charge >= 0.3 is 0 Å². The Kier molecular flexibility index (Phi) is 8.42. The first-order valence-electron chi connectivity index (χ1n) is 11.2. The average Bonchev–Trinajstić information content (AvgIpc) is 2.79. The first kappa shape index (κ1) is 26.5. The normalized spacial score (nSPS) is 12.7. The molecule has 0 spiro atoms. The lowest BCUT2D eigenvalue weighted by molar-refractivity contribution is -0.0242. The van der Waals surface area contributed by atoms with E-state index in [1.807, 2.05) is 20.8 Å². The topological polar surface area (TPSA) is 122 Å². The number of nitrogens with one attached hydrogen (secondary N) is 2. The van der Waals surface area contributed by atoms with Gasteiger partial charge in [-0.3, -0.25) is 9.44 Å². The number of unbranched alkanes of at least 4 members (excludes halogenated alkanes) is 1. The second kappa shape index (κ2) is 11.1. The fraction of sp³-hybridized carbons (Fsp3) is 0.280. The van der Waals surface area contributed by atoms with Crippen molar-refractivity contribution in [3.8, 4) is 5.75 Å². The molecule has 8 nitrogen and oxygen atoms in total. The second-order valence-corrected chi connectivity index (χ2v) is 11.6. The van der Waals surface area contributed by atoms with Gasteiger partial charge in [0.05, 0.1) is 21.2 Å². The molecule has 0 amide bonds. The molecule has 10 heteroatoms. The van der Waals surface area contributed by atoms with Gasteiger partial charge in [0.25, 0.3) is 20.0 Å². The lowest BCUT2D eigenvalue weighted by atomic mass is 10.2. The molecule has 0 aromatic heterocycles. The number of rotatable bonds is 11. The molecule has 3 aromatic carbocycles. The summed E-state index contributed by atoms with van der Waals surface area (Å²) >= 11 is 0. The zero-order chi connectivity index (χ0) is 25.6. The van der Waals surface area contributed by atoms with Gasteiger partial charge in [-0.1, -0.05) is 48.7 Å². The SMILES string of the molecule is CCCCC(O)Oc1ccc(NS(=O)(=O)c2ccc(C)cc2)c(NS(=O)(=O)c2ccc(C)cc2)c1. The van der Waals surface area contributed by atoms with Crippen molar-refractivity contribution in [1.82, 2.24) is 0 Å². The minimum absolute atomic E-state index is 0.0108. The highest BCUT2D eigenvalue weighted by molar-refractivity contribution is 7.93. The average molecular weight is 519 g/mol. The third-order valence-corrected chi connectivity index (χ3v) is 7.98. The van der Waals surface area contributed by atoms with Crippen LogP contribution in [0.25, 0.3) is 0 Å². The van der Waals surface area contributed by atoms with E-state index in [4.69, 9.17) is 4.74 Å². The molecule has 0 saturated heterocycles. The summed E-state index contributed by atoms with van der Waals surface area (Å²) in [6.45, 7) is 5.67. The number of hydrogen-bond acceptors (Lipinski definition) is 6. The maximum atomic E-state index is 13.0. The summed E-state index contributed by atoms with van der Waals surface area (Å²) in [5.41, 5.74) is 1.77. The summed E-state index contributed by atoms with van der Waals surface area (Å²) in [6.07, 6.45) is 0.957. The summed E-state index contributed by atoms with van der Waals surface area (Å²) < 4.78 is 62.4. The highest BCUT2D eigenvalue weighted by Gasteiger charge is 2.21. The van der Waals surface area contributed by atoms with Gasteiger partial charge in [-0.25, -0.2) is 16.8 Å². The van der Waals surface area contributed by atoms with E-state index in [1.165, 1.54) is 42.5 Å². The highest BCUT2D eigenvalue weighted by atomic mass is 32.2. The number of aliphatic hydroxyl groups is 1. The van der Waals surface area contributed by atoms with E-state index >= 15 is 0 Å². The summed E-state index contributed by atoms with van der Waals surface area (Å²) in [5, 5.41) is 10.1. The van der Waals surface area contributed by atoms with Crippen molar-refractivity contribution in [2.24, 2.45) is 0 Å². The Balaban J connectivity index is 1.97. The fourth-order valence-electron chi connectivity index (χ4n) is 3.21. The van der Waals surface area contributed by atoms with Crippen molar-refractivity contribution in [2.75, 3.05) is 9.44 Å². The van der Waals surface area contributed by atoms with Gasteiger partial charge in [-0.05, 0) is 56.7 Å². The monoisotopic (exact) mass is 518 g/mol. The third-order valence-electron chi connectivity index (χ3n) is 5.22. The van der Waals surface area contributed by atoms with Gasteiger partial charge in [0.15, 0.2) is 6.29 Å². The summed E-state index contributed by atoms with van der Waals surface area (Å²) in [5.74, 6) is 0.188. The molecule has 3 rings (SSSR count). The van der Waals surface area contributed by atoms with Gasteiger partial charge in [0, 0.05) is 12.5 Å². The van der Waals surface area contributed by atoms with Crippen molar-refractivity contribution in [3.05, 3.63) is 77.9 Å². The third kappa shape index (κ3) is 7.20. The predicted molar refractivity (Wildman–Crippen MR) is 137 cm³/mol. The van der Waals surface area contributed by atoms with Crippen LogP contribution in [0.3, 0.4) is 0 Å². The van der Waals surface area contributed by atoms with Crippen LogP contribution in [0.2, 0.25) is 0 Å². The Bertz CT molecular complexity index is 1350. The van der Waals surface area contributed by atoms with Crippen molar-refractivity contribution < 1.29 is 26.7 Å². The molecular formula is C25H30N2O6S2. The molecular weight excluding hydrogens is 488 g/mol. The molecule has 0 fully saturated rings. The molecule has 0 saturated carbocycles. The zero-order valence-corrected chi connectivity index (χ0v) is 21.5. The van der Waals surface area contributed by atoms with Crippen molar-refractivity contribution in [3.63, 3.8) is 0 Å². The molecule has 0 aliphatic carbocycles. The minimum atomic E-state index is -4.04. The lowest BCUT2D eigenvalue weighted by Gasteiger charge is -2.18. The predicted octanol–water partition coefficient (Wildman–Crippen LogP) is 4.79. The summed E-state index contributed by atoms with van der Waals surface area (Å²) in [6, 6.07) is 16.7. The molecule has 3 N–H and O–H groups in total. The van der Waals surface area contributed by atoms with Gasteiger partial charge in [-0.2, -0.15) is 0 Å². The Hall–Kier alpha value is -3.08. The van der Waals surface area contributed by atoms with Crippen LogP contribution in [0.5, 0.6) is 5.75 Å². The first-order valence-corrected chi connectivity index (χ1v) is 14.1. The smallest absolute Gasteiger partial charge is 0.261 e. The Morgan fingerprint density at radius 2 is 1.26 bits per heavy atom. The number of sulfonamides is 2. The van der Waals surface area contributed by atoms with E-state index in [-0.39, 0.29) is 26.9 Å². The molecule has 3 aromatic rings. The van der Waals surface area contributed by atoms with Crippen LogP contribution in [0, 0.1) is 13.8 Å². The van der Waals surface area contributed by atoms with Gasteiger partial charge in [0.2, 0.25) is 0 Å². The van der Waals surface area contributed by atoms with E-state index in [9.17, 15) is 21.9 Å². The lowest BCUT2D eigenvalue weighted by Crippen LogP contribution is -2.19. The Labute approximate surface area is 207 Å². The van der Waals surface area contributed by atoms with E-state index < -0.39 is 26.3 Å². The summed E-state index contributed by atoms with van der Waals surface area (Å²) in [7, 11) is -8.04. The first-order chi connectivity index (χ1) is 16.5. The quantitative estimate of drug-likeness (QED) is 0.314. The number of anilines is 2. The number of ether oxygens (including phenoxy) is 1. The van der Waals surface area contributed by atoms with Gasteiger partial charge in [-0.15, -0.1) is 0 Å². The maximum absolute atomic E-state index is 13.0. The minimum Gasteiger partial charge on any atom is -0.465 e. The largest absolute Gasteiger partial charge is 0.465 e. The number of hydrogen-bond donors (Lipinski definition) is 3. The molecule has 0 radical (unpaired) electrons.